The van der Waals surface area contributed by atoms with Crippen LogP contribution < -0.4 is 0 Å². The van der Waals surface area contributed by atoms with E-state index < -0.39 is 0 Å². The van der Waals surface area contributed by atoms with Gasteiger partial charge in [-0.15, -0.1) is 0 Å². The quantitative estimate of drug-likeness (QED) is 0.642. The van der Waals surface area contributed by atoms with Crippen LogP contribution in [0.5, 0.6) is 0 Å². The number of likely N-dealkylation sites (tertiary alicyclic amines) is 1. The minimum absolute atomic E-state index is 0.0659. The number of aromatic nitrogens is 2. The first-order valence-electron chi connectivity index (χ1n) is 11.0. The molecule has 7 heteroatoms. The Balaban J connectivity index is 1.36. The summed E-state index contributed by atoms with van der Waals surface area (Å²) in [5, 5.41) is 13.1. The van der Waals surface area contributed by atoms with Crippen molar-refractivity contribution in [1.29, 1.82) is 5.26 Å². The van der Waals surface area contributed by atoms with Crippen molar-refractivity contribution in [3.8, 4) is 6.07 Å². The average Bonchev–Trinajstić information content (AvgIpc) is 3.48. The first-order chi connectivity index (χ1) is 14.7. The summed E-state index contributed by atoms with van der Waals surface area (Å²) in [6, 6.07) is 8.61. The third-order valence-corrected chi connectivity index (χ3v) is 6.09. The van der Waals surface area contributed by atoms with Crippen LogP contribution in [-0.2, 0) is 11.2 Å². The van der Waals surface area contributed by atoms with Crippen molar-refractivity contribution >= 4 is 5.91 Å². The summed E-state index contributed by atoms with van der Waals surface area (Å²) in [5.41, 5.74) is 1.11. The zero-order chi connectivity index (χ0) is 20.8. The van der Waals surface area contributed by atoms with E-state index in [-0.39, 0.29) is 11.9 Å². The summed E-state index contributed by atoms with van der Waals surface area (Å²) in [6.45, 7) is 2.07. The fourth-order valence-electron chi connectivity index (χ4n) is 4.38. The number of rotatable bonds is 7. The number of amides is 1. The highest BCUT2D eigenvalue weighted by Gasteiger charge is 2.32. The van der Waals surface area contributed by atoms with Crippen LogP contribution in [-0.4, -0.2) is 40.7 Å². The van der Waals surface area contributed by atoms with Crippen molar-refractivity contribution in [3.05, 3.63) is 47.1 Å². The molecular formula is C23H28N4O3. The highest BCUT2D eigenvalue weighted by atomic mass is 16.5. The minimum atomic E-state index is -0.206. The second-order valence-corrected chi connectivity index (χ2v) is 8.22. The van der Waals surface area contributed by atoms with Gasteiger partial charge in [-0.1, -0.05) is 18.0 Å². The van der Waals surface area contributed by atoms with Gasteiger partial charge in [-0.3, -0.25) is 4.79 Å². The first-order valence-corrected chi connectivity index (χ1v) is 11.0. The maximum absolute atomic E-state index is 13.1. The molecule has 2 fully saturated rings. The highest BCUT2D eigenvalue weighted by molar-refractivity contribution is 5.94. The molecule has 2 heterocycles. The third kappa shape index (κ3) is 4.88. The van der Waals surface area contributed by atoms with Gasteiger partial charge in [-0.25, -0.2) is 0 Å². The number of nitriles is 1. The predicted molar refractivity (Wildman–Crippen MR) is 110 cm³/mol. The van der Waals surface area contributed by atoms with Crippen molar-refractivity contribution in [1.82, 2.24) is 15.0 Å². The number of ether oxygens (including phenoxy) is 1. The Morgan fingerprint density at radius 1 is 1.17 bits per heavy atom. The predicted octanol–water partition coefficient (Wildman–Crippen LogP) is 4.06. The lowest BCUT2D eigenvalue weighted by Crippen LogP contribution is -2.38. The van der Waals surface area contributed by atoms with Gasteiger partial charge in [-0.05, 0) is 62.3 Å². The molecule has 1 saturated carbocycles. The Bertz CT molecular complexity index is 881. The molecule has 0 bridgehead atoms. The molecule has 30 heavy (non-hydrogen) atoms. The number of piperidine rings is 1. The van der Waals surface area contributed by atoms with Crippen molar-refractivity contribution in [2.24, 2.45) is 5.92 Å². The number of hydrogen-bond acceptors (Lipinski definition) is 6. The summed E-state index contributed by atoms with van der Waals surface area (Å²) < 4.78 is 11.3. The Hall–Kier alpha value is -2.72. The minimum Gasteiger partial charge on any atom is -0.381 e. The normalized spacial score (nSPS) is 19.7. The van der Waals surface area contributed by atoms with Crippen LogP contribution in [0.3, 0.4) is 0 Å². The molecule has 0 radical (unpaired) electrons. The first kappa shape index (κ1) is 20.5. The smallest absolute Gasteiger partial charge is 0.254 e. The molecule has 1 aromatic heterocycles. The number of nitrogens with zero attached hydrogens (tertiary/aromatic N) is 4. The van der Waals surface area contributed by atoms with E-state index in [0.717, 1.165) is 25.9 Å². The van der Waals surface area contributed by atoms with Gasteiger partial charge in [0.05, 0.1) is 18.2 Å². The van der Waals surface area contributed by atoms with E-state index in [1.165, 1.54) is 25.7 Å². The molecular weight excluding hydrogens is 380 g/mol. The number of carbonyl (C=O) groups excluding carboxylic acids is 1. The fourth-order valence-corrected chi connectivity index (χ4v) is 4.38. The summed E-state index contributed by atoms with van der Waals surface area (Å²) >= 11 is 0. The van der Waals surface area contributed by atoms with Crippen molar-refractivity contribution in [2.45, 2.75) is 57.4 Å². The van der Waals surface area contributed by atoms with Crippen LogP contribution in [0.4, 0.5) is 0 Å². The lowest BCUT2D eigenvalue weighted by Gasteiger charge is -2.33. The molecule has 2 aromatic rings. The van der Waals surface area contributed by atoms with Gasteiger partial charge in [-0.2, -0.15) is 10.2 Å². The molecule has 1 aliphatic heterocycles. The molecule has 4 rings (SSSR count). The van der Waals surface area contributed by atoms with Crippen LogP contribution in [0.1, 0.15) is 78.6 Å². The van der Waals surface area contributed by atoms with Crippen LogP contribution in [0, 0.1) is 17.2 Å². The molecule has 1 amide bonds. The largest absolute Gasteiger partial charge is 0.381 e. The number of carbonyl (C=O) groups is 1. The van der Waals surface area contributed by atoms with Gasteiger partial charge in [0.2, 0.25) is 5.89 Å². The summed E-state index contributed by atoms with van der Waals surface area (Å²) in [6.07, 6.45) is 8.59. The maximum Gasteiger partial charge on any atom is 0.254 e. The molecule has 0 spiro atoms. The zero-order valence-electron chi connectivity index (χ0n) is 17.3. The molecule has 0 N–H and O–H groups in total. The summed E-state index contributed by atoms with van der Waals surface area (Å²) in [4.78, 5) is 19.4. The van der Waals surface area contributed by atoms with Gasteiger partial charge in [0.25, 0.3) is 5.91 Å². The Labute approximate surface area is 177 Å². The van der Waals surface area contributed by atoms with Gasteiger partial charge < -0.3 is 14.2 Å². The molecule has 2 aliphatic rings. The van der Waals surface area contributed by atoms with Gasteiger partial charge >= 0.3 is 0 Å². The standard InChI is InChI=1S/C23H28N4O3/c24-15-17-8-10-19(11-9-17)23(28)27-13-4-3-7-20(27)22-25-21(26-30-22)12-14-29-16-18-5-1-2-6-18/h8-11,18,20H,1-7,12-14,16H2. The third-order valence-electron chi connectivity index (χ3n) is 6.09. The second kappa shape index (κ2) is 9.86. The molecule has 158 valence electrons. The van der Waals surface area contributed by atoms with Gasteiger partial charge in [0.15, 0.2) is 5.82 Å². The van der Waals surface area contributed by atoms with Crippen molar-refractivity contribution < 1.29 is 14.1 Å². The van der Waals surface area contributed by atoms with Crippen LogP contribution >= 0.6 is 0 Å². The van der Waals surface area contributed by atoms with E-state index in [2.05, 4.69) is 16.2 Å². The van der Waals surface area contributed by atoms with Crippen LogP contribution in [0.15, 0.2) is 28.8 Å². The topological polar surface area (TPSA) is 92.2 Å². The maximum atomic E-state index is 13.1. The molecule has 1 unspecified atom stereocenters. The molecule has 1 atom stereocenters. The van der Waals surface area contributed by atoms with E-state index in [4.69, 9.17) is 14.5 Å². The molecule has 1 aromatic carbocycles. The van der Waals surface area contributed by atoms with E-state index in [1.807, 2.05) is 4.90 Å². The lowest BCUT2D eigenvalue weighted by molar-refractivity contribution is 0.0561. The van der Waals surface area contributed by atoms with Gasteiger partial charge in [0, 0.05) is 25.1 Å². The van der Waals surface area contributed by atoms with Crippen LogP contribution in [0.25, 0.3) is 0 Å². The Morgan fingerprint density at radius 2 is 1.93 bits per heavy atom. The van der Waals surface area contributed by atoms with E-state index in [0.29, 0.717) is 48.3 Å². The lowest BCUT2D eigenvalue weighted by atomic mass is 10.0. The summed E-state index contributed by atoms with van der Waals surface area (Å²) in [5.74, 6) is 1.77. The highest BCUT2D eigenvalue weighted by Crippen LogP contribution is 2.31. The Morgan fingerprint density at radius 3 is 2.70 bits per heavy atom. The average molecular weight is 409 g/mol. The van der Waals surface area contributed by atoms with E-state index in [1.54, 1.807) is 24.3 Å². The van der Waals surface area contributed by atoms with Crippen molar-refractivity contribution in [3.63, 3.8) is 0 Å². The Kier molecular flexibility index (Phi) is 6.75. The zero-order valence-corrected chi connectivity index (χ0v) is 17.3. The van der Waals surface area contributed by atoms with Gasteiger partial charge in [0.1, 0.15) is 6.04 Å². The van der Waals surface area contributed by atoms with E-state index >= 15 is 0 Å². The molecule has 7 nitrogen and oxygen atoms in total. The summed E-state index contributed by atoms with van der Waals surface area (Å²) in [7, 11) is 0. The van der Waals surface area contributed by atoms with Crippen LogP contribution in [0.2, 0.25) is 0 Å². The van der Waals surface area contributed by atoms with E-state index in [9.17, 15) is 4.79 Å². The van der Waals surface area contributed by atoms with Crippen molar-refractivity contribution in [2.75, 3.05) is 19.8 Å². The second-order valence-electron chi connectivity index (χ2n) is 8.22. The molecule has 1 aliphatic carbocycles. The molecule has 1 saturated heterocycles. The monoisotopic (exact) mass is 408 g/mol. The number of hydrogen-bond donors (Lipinski definition) is 0. The number of benzene rings is 1. The SMILES string of the molecule is N#Cc1ccc(C(=O)N2CCCCC2c2nc(CCOCC3CCCC3)no2)cc1. The fraction of sp³-hybridized carbons (Fsp3) is 0.565.